The number of thiazole rings is 1. The maximum Gasteiger partial charge on any atom is 0.321 e. The van der Waals surface area contributed by atoms with Crippen molar-refractivity contribution in [3.05, 3.63) is 59.6 Å². The molecule has 0 unspecified atom stereocenters. The predicted octanol–water partition coefficient (Wildman–Crippen LogP) is 4.90. The first-order valence-electron chi connectivity index (χ1n) is 11.0. The third kappa shape index (κ3) is 4.14. The smallest absolute Gasteiger partial charge is 0.321 e. The van der Waals surface area contributed by atoms with Crippen molar-refractivity contribution >= 4 is 39.2 Å². The zero-order chi connectivity index (χ0) is 21.2. The predicted molar refractivity (Wildman–Crippen MR) is 123 cm³/mol. The molecule has 0 radical (unpaired) electrons. The molecule has 2 fully saturated rings. The van der Waals surface area contributed by atoms with Gasteiger partial charge in [0.1, 0.15) is 5.01 Å². The summed E-state index contributed by atoms with van der Waals surface area (Å²) >= 11 is 1.69. The van der Waals surface area contributed by atoms with Gasteiger partial charge in [-0.05, 0) is 49.9 Å². The SMILES string of the molecule is O=C(Nc1ccccc1)N1CCC[C@H](C(=O)N2CCC[C@@H]2c2nc3ccccc3s2)C1. The number of carbonyl (C=O) groups excluding carboxylic acids is 2. The van der Waals surface area contributed by atoms with Crippen LogP contribution in [0.1, 0.15) is 36.7 Å². The lowest BCUT2D eigenvalue weighted by atomic mass is 9.96. The summed E-state index contributed by atoms with van der Waals surface area (Å²) in [5, 5.41) is 3.97. The van der Waals surface area contributed by atoms with E-state index in [0.29, 0.717) is 13.1 Å². The molecule has 160 valence electrons. The van der Waals surface area contributed by atoms with Crippen molar-refractivity contribution in [2.75, 3.05) is 25.0 Å². The molecule has 5 rings (SSSR count). The number of amides is 3. The molecule has 1 aromatic heterocycles. The van der Waals surface area contributed by atoms with Crippen LogP contribution in [0.2, 0.25) is 0 Å². The Bertz CT molecular complexity index is 1050. The summed E-state index contributed by atoms with van der Waals surface area (Å²) < 4.78 is 1.17. The molecular formula is C24H26N4O2S. The topological polar surface area (TPSA) is 65.5 Å². The molecular weight excluding hydrogens is 408 g/mol. The number of benzene rings is 2. The number of para-hydroxylation sites is 2. The number of aromatic nitrogens is 1. The van der Waals surface area contributed by atoms with Crippen molar-refractivity contribution in [2.24, 2.45) is 5.92 Å². The second kappa shape index (κ2) is 8.67. The second-order valence-electron chi connectivity index (χ2n) is 8.29. The largest absolute Gasteiger partial charge is 0.333 e. The molecule has 2 aliphatic heterocycles. The van der Waals surface area contributed by atoms with Crippen molar-refractivity contribution in [2.45, 2.75) is 31.7 Å². The van der Waals surface area contributed by atoms with Gasteiger partial charge in [-0.3, -0.25) is 4.79 Å². The summed E-state index contributed by atoms with van der Waals surface area (Å²) in [5.74, 6) is 0.0178. The molecule has 0 spiro atoms. The molecule has 3 aromatic rings. The van der Waals surface area contributed by atoms with E-state index in [1.165, 1.54) is 4.70 Å². The van der Waals surface area contributed by atoms with Crippen LogP contribution in [0, 0.1) is 5.92 Å². The number of nitrogens with zero attached hydrogens (tertiary/aromatic N) is 3. The Hall–Kier alpha value is -2.93. The van der Waals surface area contributed by atoms with Gasteiger partial charge >= 0.3 is 6.03 Å². The van der Waals surface area contributed by atoms with Crippen LogP contribution < -0.4 is 5.32 Å². The summed E-state index contributed by atoms with van der Waals surface area (Å²) in [6.07, 6.45) is 3.63. The van der Waals surface area contributed by atoms with Crippen LogP contribution in [0.4, 0.5) is 10.5 Å². The normalized spacial score (nSPS) is 21.4. The van der Waals surface area contributed by atoms with E-state index < -0.39 is 0 Å². The summed E-state index contributed by atoms with van der Waals surface area (Å²) in [7, 11) is 0. The van der Waals surface area contributed by atoms with E-state index in [0.717, 1.165) is 48.4 Å². The fraction of sp³-hybridized carbons (Fsp3) is 0.375. The molecule has 3 heterocycles. The highest BCUT2D eigenvalue weighted by atomic mass is 32.1. The third-order valence-electron chi connectivity index (χ3n) is 6.21. The number of piperidine rings is 1. The lowest BCUT2D eigenvalue weighted by molar-refractivity contribution is -0.137. The summed E-state index contributed by atoms with van der Waals surface area (Å²) in [5.41, 5.74) is 1.78. The molecule has 6 nitrogen and oxygen atoms in total. The van der Waals surface area contributed by atoms with Gasteiger partial charge in [0.05, 0.1) is 22.2 Å². The molecule has 2 aromatic carbocycles. The fourth-order valence-electron chi connectivity index (χ4n) is 4.64. The lowest BCUT2D eigenvalue weighted by Crippen LogP contribution is -2.47. The number of hydrogen-bond acceptors (Lipinski definition) is 4. The van der Waals surface area contributed by atoms with E-state index in [-0.39, 0.29) is 23.9 Å². The summed E-state index contributed by atoms with van der Waals surface area (Å²) in [6.45, 7) is 1.93. The Morgan fingerprint density at radius 2 is 1.74 bits per heavy atom. The van der Waals surface area contributed by atoms with Gasteiger partial charge in [-0.2, -0.15) is 0 Å². The van der Waals surface area contributed by atoms with Gasteiger partial charge in [0.15, 0.2) is 0 Å². The first kappa shape index (κ1) is 20.0. The molecule has 0 aliphatic carbocycles. The first-order chi connectivity index (χ1) is 15.2. The highest BCUT2D eigenvalue weighted by Gasteiger charge is 2.37. The molecule has 0 bridgehead atoms. The van der Waals surface area contributed by atoms with Crippen molar-refractivity contribution in [3.8, 4) is 0 Å². The maximum atomic E-state index is 13.5. The zero-order valence-electron chi connectivity index (χ0n) is 17.4. The van der Waals surface area contributed by atoms with Crippen LogP contribution in [-0.4, -0.2) is 46.4 Å². The first-order valence-corrected chi connectivity index (χ1v) is 11.8. The molecule has 2 aliphatic rings. The van der Waals surface area contributed by atoms with Crippen LogP contribution in [-0.2, 0) is 4.79 Å². The monoisotopic (exact) mass is 434 g/mol. The number of urea groups is 1. The second-order valence-corrected chi connectivity index (χ2v) is 9.35. The fourth-order valence-corrected chi connectivity index (χ4v) is 5.76. The Balaban J connectivity index is 1.28. The summed E-state index contributed by atoms with van der Waals surface area (Å²) in [4.78, 5) is 34.8. The summed E-state index contributed by atoms with van der Waals surface area (Å²) in [6, 6.07) is 17.5. The molecule has 31 heavy (non-hydrogen) atoms. The quantitative estimate of drug-likeness (QED) is 0.637. The average Bonchev–Trinajstić information content (AvgIpc) is 3.46. The average molecular weight is 435 g/mol. The molecule has 2 atom stereocenters. The van der Waals surface area contributed by atoms with E-state index in [1.807, 2.05) is 53.4 Å². The number of likely N-dealkylation sites (tertiary alicyclic amines) is 2. The minimum Gasteiger partial charge on any atom is -0.333 e. The van der Waals surface area contributed by atoms with Gasteiger partial charge in [0.2, 0.25) is 5.91 Å². The van der Waals surface area contributed by atoms with Gasteiger partial charge in [0.25, 0.3) is 0 Å². The van der Waals surface area contributed by atoms with E-state index in [9.17, 15) is 9.59 Å². The Kier molecular flexibility index (Phi) is 5.59. The van der Waals surface area contributed by atoms with Crippen LogP contribution in [0.15, 0.2) is 54.6 Å². The van der Waals surface area contributed by atoms with E-state index >= 15 is 0 Å². The van der Waals surface area contributed by atoms with E-state index in [4.69, 9.17) is 4.98 Å². The van der Waals surface area contributed by atoms with Gasteiger partial charge in [-0.15, -0.1) is 11.3 Å². The van der Waals surface area contributed by atoms with Crippen molar-refractivity contribution in [1.82, 2.24) is 14.8 Å². The minimum atomic E-state index is -0.148. The standard InChI is InChI=1S/C24H26N4O2S/c29-23(17-8-6-14-27(16-17)24(30)25-18-9-2-1-3-10-18)28-15-7-12-20(28)22-26-19-11-4-5-13-21(19)31-22/h1-5,9-11,13,17,20H,6-8,12,14-16H2,(H,25,30)/t17-,20+/m0/s1. The van der Waals surface area contributed by atoms with Gasteiger partial charge in [-0.1, -0.05) is 30.3 Å². The van der Waals surface area contributed by atoms with Crippen molar-refractivity contribution in [1.29, 1.82) is 0 Å². The van der Waals surface area contributed by atoms with Crippen LogP contribution >= 0.6 is 11.3 Å². The van der Waals surface area contributed by atoms with Crippen molar-refractivity contribution in [3.63, 3.8) is 0 Å². The van der Waals surface area contributed by atoms with Crippen LogP contribution in [0.25, 0.3) is 10.2 Å². The minimum absolute atomic E-state index is 0.0541. The number of nitrogens with one attached hydrogen (secondary N) is 1. The highest BCUT2D eigenvalue weighted by Crippen LogP contribution is 2.38. The molecule has 2 saturated heterocycles. The van der Waals surface area contributed by atoms with E-state index in [2.05, 4.69) is 11.4 Å². The number of fused-ring (bicyclic) bond motifs is 1. The van der Waals surface area contributed by atoms with Crippen LogP contribution in [0.5, 0.6) is 0 Å². The van der Waals surface area contributed by atoms with Gasteiger partial charge in [0, 0.05) is 25.3 Å². The Morgan fingerprint density at radius 3 is 2.58 bits per heavy atom. The number of hydrogen-bond donors (Lipinski definition) is 1. The maximum absolute atomic E-state index is 13.5. The zero-order valence-corrected chi connectivity index (χ0v) is 18.2. The lowest BCUT2D eigenvalue weighted by Gasteiger charge is -2.35. The van der Waals surface area contributed by atoms with Gasteiger partial charge < -0.3 is 15.1 Å². The number of anilines is 1. The van der Waals surface area contributed by atoms with E-state index in [1.54, 1.807) is 16.2 Å². The third-order valence-corrected chi connectivity index (χ3v) is 7.35. The Labute approximate surface area is 185 Å². The number of rotatable bonds is 3. The molecule has 1 N–H and O–H groups in total. The number of carbonyl (C=O) groups is 2. The highest BCUT2D eigenvalue weighted by molar-refractivity contribution is 7.18. The van der Waals surface area contributed by atoms with Gasteiger partial charge in [-0.25, -0.2) is 9.78 Å². The van der Waals surface area contributed by atoms with Crippen molar-refractivity contribution < 1.29 is 9.59 Å². The molecule has 7 heteroatoms. The Morgan fingerprint density at radius 1 is 0.968 bits per heavy atom. The molecule has 3 amide bonds. The van der Waals surface area contributed by atoms with Crippen LogP contribution in [0.3, 0.4) is 0 Å². The molecule has 0 saturated carbocycles.